The molecule has 7 atom stereocenters. The van der Waals surface area contributed by atoms with Crippen molar-refractivity contribution < 1.29 is 86.0 Å². The zero-order valence-electron chi connectivity index (χ0n) is 49.6. The molecule has 10 amide bonds. The van der Waals surface area contributed by atoms with Crippen LogP contribution in [0.25, 0.3) is 0 Å². The number of phenolic OH excluding ortho intramolecular Hbond substituents is 1. The molecule has 0 aliphatic rings. The van der Waals surface area contributed by atoms with E-state index in [2.05, 4.69) is 47.9 Å². The molecule has 0 radical (unpaired) electrons. The summed E-state index contributed by atoms with van der Waals surface area (Å²) in [5.74, 6) is -12.9. The molecule has 3 rings (SSSR count). The van der Waals surface area contributed by atoms with E-state index in [1.165, 1.54) is 48.5 Å². The van der Waals surface area contributed by atoms with Crippen molar-refractivity contribution in [2.45, 2.75) is 146 Å². The summed E-state index contributed by atoms with van der Waals surface area (Å²) in [4.78, 5) is 159. The third-order valence-electron chi connectivity index (χ3n) is 13.3. The van der Waals surface area contributed by atoms with Gasteiger partial charge < -0.3 is 68.9 Å². The van der Waals surface area contributed by atoms with Crippen molar-refractivity contribution in [3.8, 4) is 5.75 Å². The Bertz CT molecular complexity index is 2900. The first kappa shape index (κ1) is 73.5. The van der Waals surface area contributed by atoms with Crippen LogP contribution >= 0.6 is 11.8 Å². The minimum atomic E-state index is -4.64. The number of carbonyl (C=O) groups excluding carboxylic acids is 10. The van der Waals surface area contributed by atoms with E-state index >= 15 is 0 Å². The molecule has 3 aromatic rings. The molecule has 0 unspecified atom stereocenters. The number of nitrogens with one attached hydrogen (secondary N) is 9. The van der Waals surface area contributed by atoms with Crippen LogP contribution in [0.4, 0.5) is 13.2 Å². The molecule has 0 fully saturated rings. The fourth-order valence-electron chi connectivity index (χ4n) is 8.55. The number of primary amides is 1. The van der Waals surface area contributed by atoms with Crippen molar-refractivity contribution >= 4 is 82.8 Å². The van der Waals surface area contributed by atoms with Crippen molar-refractivity contribution in [3.05, 3.63) is 101 Å². The largest absolute Gasteiger partial charge is 0.508 e. The average molecular weight is 1260 g/mol. The Morgan fingerprint density at radius 2 is 1.12 bits per heavy atom. The number of unbranched alkanes of at least 4 members (excludes halogenated alkanes) is 1. The summed E-state index contributed by atoms with van der Waals surface area (Å²) in [7, 11) is 0. The highest BCUT2D eigenvalue weighted by atomic mass is 32.2. The molecule has 0 heterocycles. The molecule has 29 heteroatoms. The summed E-state index contributed by atoms with van der Waals surface area (Å²) in [6.45, 7) is 8.63. The van der Waals surface area contributed by atoms with Gasteiger partial charge in [0.15, 0.2) is 0 Å². The third-order valence-corrected chi connectivity index (χ3v) is 14.6. The van der Waals surface area contributed by atoms with Crippen LogP contribution in [0, 0.1) is 17.8 Å². The topological polar surface area (TPSA) is 400 Å². The number of thioether (sulfide) groups is 1. The van der Waals surface area contributed by atoms with E-state index in [4.69, 9.17) is 5.73 Å². The number of amides is 10. The number of rotatable bonds is 37. The second-order valence-electron chi connectivity index (χ2n) is 21.8. The maximum Gasteiger partial charge on any atom is 0.416 e. The van der Waals surface area contributed by atoms with E-state index in [-0.39, 0.29) is 67.2 Å². The Morgan fingerprint density at radius 3 is 1.68 bits per heavy atom. The molecule has 14 N–H and O–H groups in total. The van der Waals surface area contributed by atoms with Crippen LogP contribution in [0.2, 0.25) is 0 Å². The van der Waals surface area contributed by atoms with Crippen LogP contribution in [-0.4, -0.2) is 147 Å². The van der Waals surface area contributed by atoms with E-state index in [0.717, 1.165) is 23.9 Å². The third kappa shape index (κ3) is 26.9. The number of phenols is 1. The predicted molar refractivity (Wildman–Crippen MR) is 316 cm³/mol. The Kier molecular flexibility index (Phi) is 30.4. The Morgan fingerprint density at radius 1 is 0.568 bits per heavy atom. The first-order valence-electron chi connectivity index (χ1n) is 28.3. The maximum absolute atomic E-state index is 14.5. The van der Waals surface area contributed by atoms with Gasteiger partial charge in [-0.15, -0.1) is 11.8 Å². The van der Waals surface area contributed by atoms with Crippen molar-refractivity contribution in [2.24, 2.45) is 23.5 Å². The summed E-state index contributed by atoms with van der Waals surface area (Å²) in [5, 5.41) is 50.7. The standard InChI is InChI=1S/C59H79F3N10O15S/c1-32(2)25-42(70-57(85)50(34(5)6)72-47(76)29-65-52(80)37-14-8-7-9-15-37)56(84)67-40(17-10-11-24-64-45(74)28-44(58(86)87)88-31-36-13-12-16-38(26-36)59(60,61)62)54(82)68-41(22-23-48(77)78)55(83)69-43(27-35-18-20-39(73)21-19-35)53(81)66-30-46(75)71-49(33(3)4)51(63)79/h7-9,12-16,18-21,26,32-34,40-44,49-50,73H,10-11,17,22-25,27-31H2,1-6H3,(H2,63,79)(H,64,74)(H,65,80)(H,66,81)(H,67,84)(H,68,82)(H,69,83)(H,70,85)(H,71,75)(H,72,76)(H,77,78)(H,86,87)/t40-,41-,42-,43-,44+,49-,50-/m0/s1. The minimum absolute atomic E-state index is 0.0145. The summed E-state index contributed by atoms with van der Waals surface area (Å²) >= 11 is 0.739. The number of carbonyl (C=O) groups is 12. The average Bonchev–Trinajstić information content (AvgIpc) is 3.48. The molecule has 25 nitrogen and oxygen atoms in total. The van der Waals surface area contributed by atoms with Gasteiger partial charge in [0.2, 0.25) is 53.2 Å². The molecule has 0 aliphatic heterocycles. The fraction of sp³-hybridized carbons (Fsp3) is 0.492. The van der Waals surface area contributed by atoms with Crippen molar-refractivity contribution in [3.63, 3.8) is 0 Å². The molecular weight excluding hydrogens is 1180 g/mol. The number of benzene rings is 3. The molecular formula is C59H79F3N10O15S. The SMILES string of the molecule is CC(C)C[C@H](NC(=O)[C@@H](NC(=O)CNC(=O)c1ccccc1)C(C)C)C(=O)N[C@@H](CCCCNC(=O)C[C@@H](SCc1cccc(C(F)(F)F)c1)C(=O)O)C(=O)N[C@@H](CCC(=O)O)C(=O)N[C@@H](Cc1ccc(O)cc1)C(=O)NCC(=O)N[C@H](C(N)=O)C(C)C. The molecule has 0 aromatic heterocycles. The Hall–Kier alpha value is -8.76. The monoisotopic (exact) mass is 1260 g/mol. The van der Waals surface area contributed by atoms with Crippen LogP contribution in [0.3, 0.4) is 0 Å². The van der Waals surface area contributed by atoms with Gasteiger partial charge in [0.05, 0.1) is 18.7 Å². The van der Waals surface area contributed by atoms with Crippen LogP contribution in [0.1, 0.15) is 114 Å². The summed E-state index contributed by atoms with van der Waals surface area (Å²) in [5.41, 5.74) is 5.33. The van der Waals surface area contributed by atoms with E-state index in [1.807, 2.05) is 0 Å². The summed E-state index contributed by atoms with van der Waals surface area (Å²) < 4.78 is 39.9. The fourth-order valence-corrected chi connectivity index (χ4v) is 9.54. The van der Waals surface area contributed by atoms with Crippen molar-refractivity contribution in [1.29, 1.82) is 0 Å². The lowest BCUT2D eigenvalue weighted by atomic mass is 9.99. The highest BCUT2D eigenvalue weighted by Gasteiger charge is 2.35. The smallest absolute Gasteiger partial charge is 0.416 e. The van der Waals surface area contributed by atoms with Gasteiger partial charge in [0.1, 0.15) is 47.3 Å². The summed E-state index contributed by atoms with van der Waals surface area (Å²) in [6, 6.07) is 9.21. The summed E-state index contributed by atoms with van der Waals surface area (Å²) in [6.07, 6.45) is -6.99. The highest BCUT2D eigenvalue weighted by molar-refractivity contribution is 7.99. The molecule has 0 bridgehead atoms. The first-order valence-corrected chi connectivity index (χ1v) is 29.4. The number of halogens is 3. The molecule has 482 valence electrons. The van der Waals surface area contributed by atoms with Crippen LogP contribution in [-0.2, 0) is 71.1 Å². The number of aliphatic carboxylic acids is 2. The lowest BCUT2D eigenvalue weighted by Crippen LogP contribution is -2.60. The lowest BCUT2D eigenvalue weighted by molar-refractivity contribution is -0.139. The number of carboxylic acids is 2. The van der Waals surface area contributed by atoms with Gasteiger partial charge in [-0.05, 0) is 91.3 Å². The van der Waals surface area contributed by atoms with Crippen molar-refractivity contribution in [1.82, 2.24) is 47.9 Å². The molecule has 0 saturated carbocycles. The van der Waals surface area contributed by atoms with E-state index in [9.17, 15) is 86.0 Å². The normalized spacial score (nSPS) is 13.7. The second-order valence-corrected chi connectivity index (χ2v) is 23.0. The zero-order chi connectivity index (χ0) is 65.8. The lowest BCUT2D eigenvalue weighted by Gasteiger charge is -2.28. The van der Waals surface area contributed by atoms with E-state index in [1.54, 1.807) is 59.7 Å². The van der Waals surface area contributed by atoms with E-state index in [0.29, 0.717) is 5.56 Å². The molecule has 0 aliphatic carbocycles. The highest BCUT2D eigenvalue weighted by Crippen LogP contribution is 2.31. The van der Waals surface area contributed by atoms with Gasteiger partial charge in [-0.3, -0.25) is 57.5 Å². The number of aromatic hydroxyl groups is 1. The molecule has 0 spiro atoms. The number of nitrogens with two attached hydrogens (primary N) is 1. The second kappa shape index (κ2) is 36.4. The quantitative estimate of drug-likeness (QED) is 0.0368. The zero-order valence-corrected chi connectivity index (χ0v) is 50.4. The predicted octanol–water partition coefficient (Wildman–Crippen LogP) is 2.18. The Balaban J connectivity index is 1.91. The number of alkyl halides is 3. The molecule has 88 heavy (non-hydrogen) atoms. The van der Waals surface area contributed by atoms with E-state index < -0.39 is 168 Å². The van der Waals surface area contributed by atoms with Crippen LogP contribution < -0.4 is 53.6 Å². The first-order chi connectivity index (χ1) is 41.3. The van der Waals surface area contributed by atoms with Gasteiger partial charge in [0.25, 0.3) is 5.91 Å². The van der Waals surface area contributed by atoms with Gasteiger partial charge in [-0.1, -0.05) is 90.1 Å². The minimum Gasteiger partial charge on any atom is -0.508 e. The van der Waals surface area contributed by atoms with Gasteiger partial charge in [-0.2, -0.15) is 13.2 Å². The van der Waals surface area contributed by atoms with Crippen molar-refractivity contribution in [2.75, 3.05) is 19.6 Å². The molecule has 3 aromatic carbocycles. The molecule has 0 saturated heterocycles. The van der Waals surface area contributed by atoms with Gasteiger partial charge in [-0.25, -0.2) is 0 Å². The Labute approximate surface area is 511 Å². The number of carboxylic acid groups (broad SMARTS) is 2. The maximum atomic E-state index is 14.5. The number of hydrogen-bond donors (Lipinski definition) is 13. The number of hydrogen-bond acceptors (Lipinski definition) is 14. The van der Waals surface area contributed by atoms with Gasteiger partial charge in [0, 0.05) is 37.1 Å². The van der Waals surface area contributed by atoms with Crippen LogP contribution in [0.5, 0.6) is 5.75 Å². The van der Waals surface area contributed by atoms with Gasteiger partial charge >= 0.3 is 18.1 Å². The van der Waals surface area contributed by atoms with Crippen LogP contribution in [0.15, 0.2) is 78.9 Å².